The van der Waals surface area contributed by atoms with E-state index in [2.05, 4.69) is 10.6 Å². The first-order chi connectivity index (χ1) is 10.1. The van der Waals surface area contributed by atoms with Gasteiger partial charge in [-0.1, -0.05) is 36.2 Å². The van der Waals surface area contributed by atoms with Crippen LogP contribution in [0.5, 0.6) is 0 Å². The van der Waals surface area contributed by atoms with Gasteiger partial charge in [-0.05, 0) is 42.0 Å². The van der Waals surface area contributed by atoms with Gasteiger partial charge < -0.3 is 10.6 Å². The number of anilines is 2. The van der Waals surface area contributed by atoms with Gasteiger partial charge in [0.2, 0.25) is 5.91 Å². The average molecular weight is 323 g/mol. The largest absolute Gasteiger partial charge is 0.381 e. The lowest BCUT2D eigenvalue weighted by molar-refractivity contribution is -0.115. The molecule has 0 bridgehead atoms. The Bertz CT molecular complexity index is 627. The third-order valence-corrected chi connectivity index (χ3v) is 3.71. The Morgan fingerprint density at radius 1 is 1.00 bits per heavy atom. The van der Waals surface area contributed by atoms with Crippen molar-refractivity contribution in [2.45, 2.75) is 19.9 Å². The van der Waals surface area contributed by atoms with Crippen molar-refractivity contribution in [1.82, 2.24) is 0 Å². The molecule has 2 aromatic rings. The van der Waals surface area contributed by atoms with Crippen molar-refractivity contribution in [3.63, 3.8) is 0 Å². The highest BCUT2D eigenvalue weighted by Crippen LogP contribution is 2.23. The maximum absolute atomic E-state index is 11.3. The van der Waals surface area contributed by atoms with Gasteiger partial charge in [-0.3, -0.25) is 4.79 Å². The van der Waals surface area contributed by atoms with E-state index >= 15 is 0 Å². The fraction of sp³-hybridized carbons (Fsp3) is 0.188. The lowest BCUT2D eigenvalue weighted by Gasteiger charge is -2.09. The first kappa shape index (κ1) is 15.7. The summed E-state index contributed by atoms with van der Waals surface area (Å²) >= 11 is 11.9. The Kier molecular flexibility index (Phi) is 5.48. The molecule has 3 nitrogen and oxygen atoms in total. The summed E-state index contributed by atoms with van der Waals surface area (Å²) in [6, 6.07) is 13.1. The van der Waals surface area contributed by atoms with Crippen molar-refractivity contribution in [2.24, 2.45) is 0 Å². The van der Waals surface area contributed by atoms with E-state index in [0.29, 0.717) is 23.0 Å². The van der Waals surface area contributed by atoms with Crippen molar-refractivity contribution in [2.75, 3.05) is 10.6 Å². The summed E-state index contributed by atoms with van der Waals surface area (Å²) in [5.74, 6) is 0.00603. The summed E-state index contributed by atoms with van der Waals surface area (Å²) in [6.07, 6.45) is 0.470. The van der Waals surface area contributed by atoms with Gasteiger partial charge in [0.15, 0.2) is 0 Å². The van der Waals surface area contributed by atoms with Crippen LogP contribution in [0.2, 0.25) is 10.0 Å². The Morgan fingerprint density at radius 3 is 2.29 bits per heavy atom. The standard InChI is InChI=1S/C16H16Cl2N2O/c1-2-16(21)20-13-6-4-12(5-7-13)19-10-11-3-8-14(17)15(18)9-11/h3-9,19H,2,10H2,1H3,(H,20,21). The molecule has 0 aliphatic carbocycles. The minimum atomic E-state index is 0.00603. The van der Waals surface area contributed by atoms with Gasteiger partial charge in [-0.2, -0.15) is 0 Å². The molecule has 0 saturated carbocycles. The second-order valence-corrected chi connectivity index (χ2v) is 5.40. The zero-order chi connectivity index (χ0) is 15.2. The molecule has 2 aromatic carbocycles. The maximum atomic E-state index is 11.3. The van der Waals surface area contributed by atoms with E-state index < -0.39 is 0 Å². The Balaban J connectivity index is 1.94. The first-order valence-corrected chi connectivity index (χ1v) is 7.42. The summed E-state index contributed by atoms with van der Waals surface area (Å²) < 4.78 is 0. The van der Waals surface area contributed by atoms with Crippen molar-refractivity contribution in [3.8, 4) is 0 Å². The molecule has 0 aliphatic rings. The Labute approximate surface area is 134 Å². The first-order valence-electron chi connectivity index (χ1n) is 6.66. The molecule has 0 unspecified atom stereocenters. The zero-order valence-electron chi connectivity index (χ0n) is 11.6. The second kappa shape index (κ2) is 7.34. The minimum Gasteiger partial charge on any atom is -0.381 e. The van der Waals surface area contributed by atoms with Crippen LogP contribution in [-0.2, 0) is 11.3 Å². The van der Waals surface area contributed by atoms with Gasteiger partial charge in [0, 0.05) is 24.3 Å². The quantitative estimate of drug-likeness (QED) is 0.817. The fourth-order valence-electron chi connectivity index (χ4n) is 1.77. The third kappa shape index (κ3) is 4.66. The molecule has 2 N–H and O–H groups in total. The van der Waals surface area contributed by atoms with Gasteiger partial charge in [0.25, 0.3) is 0 Å². The van der Waals surface area contributed by atoms with Crippen molar-refractivity contribution >= 4 is 40.5 Å². The maximum Gasteiger partial charge on any atom is 0.224 e. The molecule has 21 heavy (non-hydrogen) atoms. The monoisotopic (exact) mass is 322 g/mol. The lowest BCUT2D eigenvalue weighted by Crippen LogP contribution is -2.09. The van der Waals surface area contributed by atoms with Gasteiger partial charge in [0.05, 0.1) is 10.0 Å². The SMILES string of the molecule is CCC(=O)Nc1ccc(NCc2ccc(Cl)c(Cl)c2)cc1. The molecule has 1 amide bonds. The molecule has 0 fully saturated rings. The van der Waals surface area contributed by atoms with Crippen molar-refractivity contribution < 1.29 is 4.79 Å². The summed E-state index contributed by atoms with van der Waals surface area (Å²) in [4.78, 5) is 11.3. The fourth-order valence-corrected chi connectivity index (χ4v) is 2.10. The molecule has 5 heteroatoms. The van der Waals surface area contributed by atoms with E-state index in [-0.39, 0.29) is 5.91 Å². The summed E-state index contributed by atoms with van der Waals surface area (Å²) in [5, 5.41) is 7.20. The molecule has 0 heterocycles. The molecule has 0 spiro atoms. The number of benzene rings is 2. The van der Waals surface area contributed by atoms with Gasteiger partial charge in [0.1, 0.15) is 0 Å². The number of hydrogen-bond donors (Lipinski definition) is 2. The summed E-state index contributed by atoms with van der Waals surface area (Å²) in [6.45, 7) is 2.47. The molecule has 0 saturated heterocycles. The van der Waals surface area contributed by atoms with Crippen LogP contribution in [0.15, 0.2) is 42.5 Å². The molecule has 2 rings (SSSR count). The van der Waals surface area contributed by atoms with Crippen LogP contribution < -0.4 is 10.6 Å². The highest BCUT2D eigenvalue weighted by molar-refractivity contribution is 6.42. The number of carbonyl (C=O) groups is 1. The Morgan fingerprint density at radius 2 is 1.67 bits per heavy atom. The number of carbonyl (C=O) groups excluding carboxylic acids is 1. The zero-order valence-corrected chi connectivity index (χ0v) is 13.1. The predicted octanol–water partition coefficient (Wildman–Crippen LogP) is 4.95. The van der Waals surface area contributed by atoms with Crippen LogP contribution in [0.1, 0.15) is 18.9 Å². The normalized spacial score (nSPS) is 10.2. The van der Waals surface area contributed by atoms with Crippen LogP contribution >= 0.6 is 23.2 Å². The van der Waals surface area contributed by atoms with Crippen LogP contribution in [-0.4, -0.2) is 5.91 Å². The number of amides is 1. The molecular weight excluding hydrogens is 307 g/mol. The van der Waals surface area contributed by atoms with Gasteiger partial charge in [-0.25, -0.2) is 0 Å². The Hall–Kier alpha value is -1.71. The van der Waals surface area contributed by atoms with Crippen molar-refractivity contribution in [1.29, 1.82) is 0 Å². The number of halogens is 2. The van der Waals surface area contributed by atoms with E-state index in [1.807, 2.05) is 43.3 Å². The third-order valence-electron chi connectivity index (χ3n) is 2.97. The van der Waals surface area contributed by atoms with Gasteiger partial charge >= 0.3 is 0 Å². The predicted molar refractivity (Wildman–Crippen MR) is 89.2 cm³/mol. The smallest absolute Gasteiger partial charge is 0.224 e. The summed E-state index contributed by atoms with van der Waals surface area (Å²) in [5.41, 5.74) is 2.81. The summed E-state index contributed by atoms with van der Waals surface area (Å²) in [7, 11) is 0. The minimum absolute atomic E-state index is 0.00603. The second-order valence-electron chi connectivity index (χ2n) is 4.58. The van der Waals surface area contributed by atoms with Gasteiger partial charge in [-0.15, -0.1) is 0 Å². The number of hydrogen-bond acceptors (Lipinski definition) is 2. The molecule has 110 valence electrons. The van der Waals surface area contributed by atoms with Crippen molar-refractivity contribution in [3.05, 3.63) is 58.1 Å². The van der Waals surface area contributed by atoms with E-state index in [9.17, 15) is 4.79 Å². The van der Waals surface area contributed by atoms with Crippen LogP contribution in [0.4, 0.5) is 11.4 Å². The molecule has 0 atom stereocenters. The molecule has 0 radical (unpaired) electrons. The number of rotatable bonds is 5. The molecule has 0 aromatic heterocycles. The highest BCUT2D eigenvalue weighted by Gasteiger charge is 2.01. The van der Waals surface area contributed by atoms with Crippen LogP contribution in [0.3, 0.4) is 0 Å². The molecular formula is C16H16Cl2N2O. The topological polar surface area (TPSA) is 41.1 Å². The van der Waals surface area contributed by atoms with Crippen LogP contribution in [0, 0.1) is 0 Å². The van der Waals surface area contributed by atoms with Crippen LogP contribution in [0.25, 0.3) is 0 Å². The van der Waals surface area contributed by atoms with E-state index in [1.54, 1.807) is 6.07 Å². The molecule has 0 aliphatic heterocycles. The number of nitrogens with one attached hydrogen (secondary N) is 2. The van der Waals surface area contributed by atoms with E-state index in [0.717, 1.165) is 16.9 Å². The van der Waals surface area contributed by atoms with E-state index in [4.69, 9.17) is 23.2 Å². The lowest BCUT2D eigenvalue weighted by atomic mass is 10.2. The highest BCUT2D eigenvalue weighted by atomic mass is 35.5. The van der Waals surface area contributed by atoms with E-state index in [1.165, 1.54) is 0 Å². The average Bonchev–Trinajstić information content (AvgIpc) is 2.50.